The van der Waals surface area contributed by atoms with Crippen molar-refractivity contribution in [3.05, 3.63) is 21.3 Å². The Hall–Kier alpha value is -0.580. The van der Waals surface area contributed by atoms with E-state index in [4.69, 9.17) is 11.6 Å². The van der Waals surface area contributed by atoms with Crippen molar-refractivity contribution >= 4 is 28.8 Å². The molecule has 0 unspecified atom stereocenters. The number of halogens is 1. The van der Waals surface area contributed by atoms with Crippen molar-refractivity contribution in [2.24, 2.45) is 11.8 Å². The van der Waals surface area contributed by atoms with E-state index in [-0.39, 0.29) is 0 Å². The number of hydrogen-bond donors (Lipinski definition) is 1. The predicted molar refractivity (Wildman–Crippen MR) is 83.3 cm³/mol. The van der Waals surface area contributed by atoms with E-state index in [0.717, 1.165) is 61.6 Å². The number of amides is 1. The van der Waals surface area contributed by atoms with E-state index in [1.807, 2.05) is 12.1 Å². The largest absolute Gasteiger partial charge is 0.343 e. The molecule has 3 rings (SSSR count). The monoisotopic (exact) mass is 312 g/mol. The van der Waals surface area contributed by atoms with Crippen LogP contribution in [0.3, 0.4) is 0 Å². The first kappa shape index (κ1) is 14.4. The zero-order valence-corrected chi connectivity index (χ0v) is 13.2. The lowest BCUT2D eigenvalue weighted by atomic mass is 9.92. The van der Waals surface area contributed by atoms with Gasteiger partial charge in [-0.2, -0.15) is 0 Å². The smallest absolute Gasteiger partial charge is 0.222 e. The number of aryl methyl sites for hydroxylation is 1. The van der Waals surface area contributed by atoms with Crippen LogP contribution in [0.15, 0.2) is 12.1 Å². The third kappa shape index (κ3) is 3.35. The lowest BCUT2D eigenvalue weighted by Crippen LogP contribution is -2.32. The molecule has 0 aliphatic carbocycles. The number of thiophene rings is 1. The van der Waals surface area contributed by atoms with Crippen molar-refractivity contribution in [3.8, 4) is 0 Å². The molecule has 0 bridgehead atoms. The highest BCUT2D eigenvalue weighted by Gasteiger charge is 2.31. The van der Waals surface area contributed by atoms with Gasteiger partial charge >= 0.3 is 0 Å². The summed E-state index contributed by atoms with van der Waals surface area (Å²) in [5.41, 5.74) is 0. The highest BCUT2D eigenvalue weighted by molar-refractivity contribution is 7.16. The molecule has 1 aromatic heterocycles. The van der Waals surface area contributed by atoms with Gasteiger partial charge in [0.25, 0.3) is 0 Å². The average molecular weight is 313 g/mol. The van der Waals surface area contributed by atoms with Gasteiger partial charge in [-0.25, -0.2) is 0 Å². The fourth-order valence-corrected chi connectivity index (χ4v) is 4.43. The van der Waals surface area contributed by atoms with Gasteiger partial charge in [0.2, 0.25) is 5.91 Å². The van der Waals surface area contributed by atoms with E-state index in [0.29, 0.717) is 12.3 Å². The maximum atomic E-state index is 12.3. The van der Waals surface area contributed by atoms with E-state index < -0.39 is 0 Å². The highest BCUT2D eigenvalue weighted by Crippen LogP contribution is 2.28. The number of likely N-dealkylation sites (tertiary alicyclic amines) is 1. The molecular formula is C15H21ClN2OS. The van der Waals surface area contributed by atoms with Gasteiger partial charge in [0.15, 0.2) is 0 Å². The Bertz CT molecular complexity index is 462. The molecular weight excluding hydrogens is 292 g/mol. The van der Waals surface area contributed by atoms with Crippen molar-refractivity contribution in [2.75, 3.05) is 26.2 Å². The first-order valence-corrected chi connectivity index (χ1v) is 8.64. The summed E-state index contributed by atoms with van der Waals surface area (Å²) in [6.07, 6.45) is 3.76. The maximum absolute atomic E-state index is 12.3. The highest BCUT2D eigenvalue weighted by atomic mass is 35.5. The van der Waals surface area contributed by atoms with Crippen LogP contribution in [-0.4, -0.2) is 37.0 Å². The van der Waals surface area contributed by atoms with Crippen LogP contribution in [0.4, 0.5) is 0 Å². The summed E-state index contributed by atoms with van der Waals surface area (Å²) < 4.78 is 0.808. The normalized spacial score (nSPS) is 26.4. The quantitative estimate of drug-likeness (QED) is 0.931. The fourth-order valence-electron chi connectivity index (χ4n) is 3.34. The van der Waals surface area contributed by atoms with Crippen molar-refractivity contribution in [1.82, 2.24) is 10.2 Å². The minimum atomic E-state index is 0.308. The minimum Gasteiger partial charge on any atom is -0.343 e. The van der Waals surface area contributed by atoms with Crippen LogP contribution < -0.4 is 5.32 Å². The van der Waals surface area contributed by atoms with E-state index in [9.17, 15) is 4.79 Å². The molecule has 2 aliphatic rings. The number of fused-ring (bicyclic) bond motifs is 1. The molecule has 0 spiro atoms. The second-order valence-corrected chi connectivity index (χ2v) is 7.64. The standard InChI is InChI=1S/C15H21ClN2OS/c16-14-3-1-13(20-14)2-4-15(19)18-7-5-11-9-17-10-12(11)6-8-18/h1,3,11-12,17H,2,4-10H2/t11-,12+. The fraction of sp³-hybridized carbons (Fsp3) is 0.667. The number of hydrogen-bond acceptors (Lipinski definition) is 3. The first-order valence-electron chi connectivity index (χ1n) is 7.45. The van der Waals surface area contributed by atoms with Gasteiger partial charge in [0.1, 0.15) is 0 Å². The molecule has 3 heterocycles. The molecule has 1 aromatic rings. The molecule has 0 saturated carbocycles. The molecule has 1 amide bonds. The van der Waals surface area contributed by atoms with E-state index in [2.05, 4.69) is 10.2 Å². The summed E-state index contributed by atoms with van der Waals surface area (Å²) in [6, 6.07) is 3.94. The van der Waals surface area contributed by atoms with Crippen LogP contribution in [0.5, 0.6) is 0 Å². The van der Waals surface area contributed by atoms with E-state index in [1.165, 1.54) is 4.88 Å². The summed E-state index contributed by atoms with van der Waals surface area (Å²) in [5.74, 6) is 1.87. The topological polar surface area (TPSA) is 32.3 Å². The molecule has 5 heteroatoms. The molecule has 0 aromatic carbocycles. The molecule has 0 radical (unpaired) electrons. The third-order valence-electron chi connectivity index (χ3n) is 4.59. The Morgan fingerprint density at radius 1 is 1.30 bits per heavy atom. The van der Waals surface area contributed by atoms with Crippen molar-refractivity contribution in [2.45, 2.75) is 25.7 Å². The molecule has 3 nitrogen and oxygen atoms in total. The molecule has 20 heavy (non-hydrogen) atoms. The minimum absolute atomic E-state index is 0.308. The van der Waals surface area contributed by atoms with Crippen LogP contribution in [0, 0.1) is 11.8 Å². The maximum Gasteiger partial charge on any atom is 0.222 e. The molecule has 110 valence electrons. The molecule has 2 saturated heterocycles. The summed E-state index contributed by atoms with van der Waals surface area (Å²) in [6.45, 7) is 4.15. The average Bonchev–Trinajstić information content (AvgIpc) is 3.01. The van der Waals surface area contributed by atoms with Crippen LogP contribution >= 0.6 is 22.9 Å². The van der Waals surface area contributed by atoms with E-state index >= 15 is 0 Å². The number of carbonyl (C=O) groups is 1. The number of nitrogens with one attached hydrogen (secondary N) is 1. The lowest BCUT2D eigenvalue weighted by molar-refractivity contribution is -0.131. The Morgan fingerprint density at radius 3 is 2.60 bits per heavy atom. The number of rotatable bonds is 3. The molecule has 1 N–H and O–H groups in total. The second-order valence-electron chi connectivity index (χ2n) is 5.84. The van der Waals surface area contributed by atoms with Gasteiger partial charge in [0.05, 0.1) is 4.34 Å². The van der Waals surface area contributed by atoms with Gasteiger partial charge in [-0.3, -0.25) is 4.79 Å². The second kappa shape index (κ2) is 6.46. The van der Waals surface area contributed by atoms with Gasteiger partial charge in [0, 0.05) is 24.4 Å². The Balaban J connectivity index is 1.49. The molecule has 2 atom stereocenters. The zero-order chi connectivity index (χ0) is 13.9. The Kier molecular flexibility index (Phi) is 4.64. The van der Waals surface area contributed by atoms with Gasteiger partial charge in [-0.15, -0.1) is 11.3 Å². The predicted octanol–water partition coefficient (Wildman–Crippen LogP) is 2.79. The lowest BCUT2D eigenvalue weighted by Gasteiger charge is -2.20. The summed E-state index contributed by atoms with van der Waals surface area (Å²) in [4.78, 5) is 15.6. The summed E-state index contributed by atoms with van der Waals surface area (Å²) in [7, 11) is 0. The Morgan fingerprint density at radius 2 is 2.00 bits per heavy atom. The Labute approximate surface area is 129 Å². The van der Waals surface area contributed by atoms with Gasteiger partial charge < -0.3 is 10.2 Å². The third-order valence-corrected chi connectivity index (χ3v) is 5.88. The van der Waals surface area contributed by atoms with Crippen molar-refractivity contribution in [1.29, 1.82) is 0 Å². The first-order chi connectivity index (χ1) is 9.72. The van der Waals surface area contributed by atoms with Crippen LogP contribution in [0.1, 0.15) is 24.1 Å². The number of carbonyl (C=O) groups excluding carboxylic acids is 1. The molecule has 2 fully saturated rings. The van der Waals surface area contributed by atoms with Crippen LogP contribution in [0.2, 0.25) is 4.34 Å². The van der Waals surface area contributed by atoms with Gasteiger partial charge in [-0.05, 0) is 56.3 Å². The van der Waals surface area contributed by atoms with Crippen LogP contribution in [0.25, 0.3) is 0 Å². The van der Waals surface area contributed by atoms with Gasteiger partial charge in [-0.1, -0.05) is 11.6 Å². The summed E-state index contributed by atoms with van der Waals surface area (Å²) >= 11 is 7.50. The van der Waals surface area contributed by atoms with Crippen LogP contribution in [-0.2, 0) is 11.2 Å². The zero-order valence-electron chi connectivity index (χ0n) is 11.6. The summed E-state index contributed by atoms with van der Waals surface area (Å²) in [5, 5.41) is 3.47. The van der Waals surface area contributed by atoms with E-state index in [1.54, 1.807) is 11.3 Å². The number of nitrogens with zero attached hydrogens (tertiary/aromatic N) is 1. The SMILES string of the molecule is O=C(CCc1ccc(Cl)s1)N1CC[C@@H]2CNC[C@@H]2CC1. The van der Waals surface area contributed by atoms with Crippen molar-refractivity contribution < 1.29 is 4.79 Å². The van der Waals surface area contributed by atoms with Crippen molar-refractivity contribution in [3.63, 3.8) is 0 Å². The molecule has 2 aliphatic heterocycles.